The van der Waals surface area contributed by atoms with Gasteiger partial charge in [-0.05, 0) is 25.1 Å². The second kappa shape index (κ2) is 8.25. The molecule has 11 nitrogen and oxygen atoms in total. The van der Waals surface area contributed by atoms with Gasteiger partial charge in [-0.2, -0.15) is 5.10 Å². The van der Waals surface area contributed by atoms with Gasteiger partial charge >= 0.3 is 0 Å². The maximum atomic E-state index is 11.8. The molecule has 7 rings (SSSR count). The average molecular weight is 509 g/mol. The standard InChI is InChI=1S/C25H20N10OS/c1-12(36)20-2-3-21(37-20)15-5-27-7-19-23(15)32-25(31-19)24-14-4-16(29-8-17(14)33-34-24)18-6-28-9-22(30-18)35-10-13(26)11-35/h2-9,13H,10-11,26H2,1H3,(H,31,32)(H,33,34). The van der Waals surface area contributed by atoms with Crippen molar-refractivity contribution in [2.75, 3.05) is 18.0 Å². The topological polar surface area (TPSA) is 155 Å². The van der Waals surface area contributed by atoms with E-state index in [-0.39, 0.29) is 11.8 Å². The summed E-state index contributed by atoms with van der Waals surface area (Å²) in [5.74, 6) is 1.42. The Morgan fingerprint density at radius 3 is 2.73 bits per heavy atom. The molecule has 6 aromatic rings. The lowest BCUT2D eigenvalue weighted by atomic mass is 10.1. The molecule has 182 valence electrons. The number of hydrogen-bond donors (Lipinski definition) is 3. The first-order valence-electron chi connectivity index (χ1n) is 11.7. The fourth-order valence-corrected chi connectivity index (χ4v) is 5.38. The predicted octanol–water partition coefficient (Wildman–Crippen LogP) is 3.43. The highest BCUT2D eigenvalue weighted by atomic mass is 32.1. The molecule has 6 aromatic heterocycles. The van der Waals surface area contributed by atoms with E-state index in [1.54, 1.807) is 37.9 Å². The summed E-state index contributed by atoms with van der Waals surface area (Å²) in [4.78, 5) is 41.8. The smallest absolute Gasteiger partial charge is 0.169 e. The van der Waals surface area contributed by atoms with Crippen molar-refractivity contribution in [2.45, 2.75) is 13.0 Å². The maximum absolute atomic E-state index is 11.8. The molecule has 0 spiro atoms. The lowest BCUT2D eigenvalue weighted by molar-refractivity contribution is 0.102. The van der Waals surface area contributed by atoms with Gasteiger partial charge < -0.3 is 15.6 Å². The number of carbonyl (C=O) groups excluding carboxylic acids is 1. The van der Waals surface area contributed by atoms with Crippen LogP contribution in [0.15, 0.2) is 49.2 Å². The summed E-state index contributed by atoms with van der Waals surface area (Å²) in [6, 6.07) is 5.87. The minimum Gasteiger partial charge on any atom is -0.352 e. The van der Waals surface area contributed by atoms with Crippen LogP contribution in [0.3, 0.4) is 0 Å². The Kier molecular flexibility index (Phi) is 4.84. The van der Waals surface area contributed by atoms with E-state index in [1.165, 1.54) is 11.3 Å². The zero-order valence-corrected chi connectivity index (χ0v) is 20.5. The molecule has 0 amide bonds. The van der Waals surface area contributed by atoms with Crippen LogP contribution in [0.1, 0.15) is 16.6 Å². The first-order chi connectivity index (χ1) is 18.0. The van der Waals surface area contributed by atoms with E-state index < -0.39 is 0 Å². The van der Waals surface area contributed by atoms with E-state index in [2.05, 4.69) is 35.0 Å². The van der Waals surface area contributed by atoms with Gasteiger partial charge in [0.15, 0.2) is 11.6 Å². The Bertz CT molecular complexity index is 1810. The minimum absolute atomic E-state index is 0.0372. The fraction of sp³-hybridized carbons (Fsp3) is 0.160. The molecule has 1 saturated heterocycles. The zero-order valence-electron chi connectivity index (χ0n) is 19.6. The molecule has 7 heterocycles. The minimum atomic E-state index is 0.0372. The Morgan fingerprint density at radius 2 is 1.92 bits per heavy atom. The van der Waals surface area contributed by atoms with E-state index in [0.29, 0.717) is 27.8 Å². The quantitative estimate of drug-likeness (QED) is 0.297. The Labute approximate surface area is 213 Å². The van der Waals surface area contributed by atoms with E-state index in [4.69, 9.17) is 15.7 Å². The second-order valence-electron chi connectivity index (χ2n) is 9.00. The normalized spacial score (nSPS) is 13.9. The number of H-pyrrole nitrogens is 2. The summed E-state index contributed by atoms with van der Waals surface area (Å²) in [7, 11) is 0. The van der Waals surface area contributed by atoms with Gasteiger partial charge in [-0.15, -0.1) is 11.3 Å². The number of fused-ring (bicyclic) bond motifs is 2. The Hall–Kier alpha value is -4.55. The number of thiophene rings is 1. The van der Waals surface area contributed by atoms with Gasteiger partial charge in [0.2, 0.25) is 0 Å². The molecule has 0 aromatic carbocycles. The fourth-order valence-electron chi connectivity index (χ4n) is 4.47. The summed E-state index contributed by atoms with van der Waals surface area (Å²) in [5, 5.41) is 8.42. The number of nitrogens with one attached hydrogen (secondary N) is 2. The van der Waals surface area contributed by atoms with Crippen LogP contribution in [0, 0.1) is 0 Å². The van der Waals surface area contributed by atoms with Crippen molar-refractivity contribution in [2.24, 2.45) is 5.73 Å². The number of carbonyl (C=O) groups is 1. The molecular weight excluding hydrogens is 488 g/mol. The van der Waals surface area contributed by atoms with Crippen LogP contribution >= 0.6 is 11.3 Å². The Balaban J connectivity index is 1.29. The van der Waals surface area contributed by atoms with E-state index in [1.807, 2.05) is 18.2 Å². The van der Waals surface area contributed by atoms with Crippen molar-refractivity contribution < 1.29 is 4.79 Å². The van der Waals surface area contributed by atoms with Crippen molar-refractivity contribution >= 4 is 44.9 Å². The van der Waals surface area contributed by atoms with E-state index in [9.17, 15) is 4.79 Å². The van der Waals surface area contributed by atoms with Crippen LogP contribution in [0.25, 0.3) is 55.3 Å². The summed E-state index contributed by atoms with van der Waals surface area (Å²) in [6.45, 7) is 3.09. The predicted molar refractivity (Wildman–Crippen MR) is 141 cm³/mol. The van der Waals surface area contributed by atoms with Gasteiger partial charge in [-0.1, -0.05) is 0 Å². The molecule has 1 aliphatic rings. The van der Waals surface area contributed by atoms with Gasteiger partial charge in [0.25, 0.3) is 0 Å². The lowest BCUT2D eigenvalue weighted by Crippen LogP contribution is -2.56. The maximum Gasteiger partial charge on any atom is 0.169 e. The third kappa shape index (κ3) is 3.65. The van der Waals surface area contributed by atoms with Gasteiger partial charge in [0.1, 0.15) is 22.7 Å². The van der Waals surface area contributed by atoms with Crippen LogP contribution < -0.4 is 10.6 Å². The SMILES string of the molecule is CC(=O)c1ccc(-c2cncc3[nH]c(-c4n[nH]c5cnc(-c6cncc(N7CC(N)C7)n6)cc45)nc23)s1. The molecule has 0 bridgehead atoms. The molecular formula is C25H20N10OS. The zero-order chi connectivity index (χ0) is 25.1. The molecule has 4 N–H and O–H groups in total. The molecule has 0 aliphatic carbocycles. The van der Waals surface area contributed by atoms with E-state index >= 15 is 0 Å². The summed E-state index contributed by atoms with van der Waals surface area (Å²) < 4.78 is 0. The van der Waals surface area contributed by atoms with Gasteiger partial charge in [0, 0.05) is 41.2 Å². The Morgan fingerprint density at radius 1 is 1.05 bits per heavy atom. The number of Topliss-reactive ketones (excluding diaryl/α,β-unsaturated/α-hetero) is 1. The van der Waals surface area contributed by atoms with Crippen LogP contribution in [0.4, 0.5) is 5.82 Å². The number of pyridine rings is 2. The lowest BCUT2D eigenvalue weighted by Gasteiger charge is -2.37. The van der Waals surface area contributed by atoms with E-state index in [0.717, 1.165) is 51.3 Å². The van der Waals surface area contributed by atoms with Crippen molar-refractivity contribution in [3.63, 3.8) is 0 Å². The summed E-state index contributed by atoms with van der Waals surface area (Å²) in [6.07, 6.45) is 8.68. The number of anilines is 1. The number of rotatable bonds is 5. The van der Waals surface area contributed by atoms with Crippen LogP contribution in [0.2, 0.25) is 0 Å². The molecule has 37 heavy (non-hydrogen) atoms. The highest BCUT2D eigenvalue weighted by Crippen LogP contribution is 2.35. The third-order valence-electron chi connectivity index (χ3n) is 6.40. The van der Waals surface area contributed by atoms with Gasteiger partial charge in [-0.25, -0.2) is 9.97 Å². The first-order valence-corrected chi connectivity index (χ1v) is 12.5. The number of hydrogen-bond acceptors (Lipinski definition) is 10. The highest BCUT2D eigenvalue weighted by molar-refractivity contribution is 7.17. The molecule has 1 aliphatic heterocycles. The third-order valence-corrected chi connectivity index (χ3v) is 7.62. The van der Waals surface area contributed by atoms with Crippen LogP contribution in [-0.2, 0) is 0 Å². The summed E-state index contributed by atoms with van der Waals surface area (Å²) in [5.41, 5.74) is 11.1. The van der Waals surface area contributed by atoms with Crippen molar-refractivity contribution in [3.05, 3.63) is 54.1 Å². The summed E-state index contributed by atoms with van der Waals surface area (Å²) >= 11 is 1.43. The van der Waals surface area contributed by atoms with Crippen molar-refractivity contribution in [3.8, 4) is 33.3 Å². The number of ketones is 1. The van der Waals surface area contributed by atoms with Crippen molar-refractivity contribution in [1.29, 1.82) is 0 Å². The average Bonchev–Trinajstić information content (AvgIpc) is 3.64. The molecule has 0 saturated carbocycles. The highest BCUT2D eigenvalue weighted by Gasteiger charge is 2.25. The number of aromatic nitrogens is 8. The number of imidazole rings is 1. The first kappa shape index (κ1) is 21.7. The van der Waals surface area contributed by atoms with Crippen LogP contribution in [-0.4, -0.2) is 65.0 Å². The molecule has 12 heteroatoms. The second-order valence-corrected chi connectivity index (χ2v) is 10.1. The van der Waals surface area contributed by atoms with Crippen LogP contribution in [0.5, 0.6) is 0 Å². The largest absolute Gasteiger partial charge is 0.352 e. The van der Waals surface area contributed by atoms with Gasteiger partial charge in [-0.3, -0.25) is 24.8 Å². The van der Waals surface area contributed by atoms with Gasteiger partial charge in [0.05, 0.1) is 46.4 Å². The molecule has 0 radical (unpaired) electrons. The van der Waals surface area contributed by atoms with Crippen molar-refractivity contribution in [1.82, 2.24) is 40.1 Å². The number of nitrogens with zero attached hydrogens (tertiary/aromatic N) is 7. The molecule has 0 atom stereocenters. The number of aromatic amines is 2. The molecule has 0 unspecified atom stereocenters. The number of nitrogens with two attached hydrogens (primary N) is 1. The monoisotopic (exact) mass is 508 g/mol. The molecule has 1 fully saturated rings.